The van der Waals surface area contributed by atoms with Gasteiger partial charge in [0.05, 0.1) is 5.41 Å². The molecule has 2 aromatic rings. The molecule has 0 aliphatic carbocycles. The molecular weight excluding hydrogens is 346 g/mol. The first kappa shape index (κ1) is 20.6. The Morgan fingerprint density at radius 2 is 1.74 bits per heavy atom. The minimum atomic E-state index is -0.974. The van der Waals surface area contributed by atoms with Crippen LogP contribution in [0.15, 0.2) is 28.8 Å². The standard InChI is InChI=1S/C20H27N3O4/c1-19(2,3)17-22-16(27-23-17)8-6-7-15(24)21-14-11-9-13(10-12-14)20(4,5)18(25)26/h9-12H,6-8H2,1-5H3,(H,21,24)(H,25,26). The first-order valence-corrected chi connectivity index (χ1v) is 8.97. The summed E-state index contributed by atoms with van der Waals surface area (Å²) in [6, 6.07) is 6.86. The van der Waals surface area contributed by atoms with Crippen molar-refractivity contribution in [3.8, 4) is 0 Å². The van der Waals surface area contributed by atoms with Crippen LogP contribution >= 0.6 is 0 Å². The molecule has 1 aromatic heterocycles. The van der Waals surface area contributed by atoms with Crippen LogP contribution < -0.4 is 5.32 Å². The van der Waals surface area contributed by atoms with E-state index in [1.165, 1.54) is 0 Å². The molecular formula is C20H27N3O4. The fraction of sp³-hybridized carbons (Fsp3) is 0.500. The number of rotatable bonds is 7. The summed E-state index contributed by atoms with van der Waals surface area (Å²) in [6.07, 6.45) is 1.47. The Morgan fingerprint density at radius 3 is 2.26 bits per heavy atom. The summed E-state index contributed by atoms with van der Waals surface area (Å²) in [5.74, 6) is 0.185. The number of anilines is 1. The van der Waals surface area contributed by atoms with Gasteiger partial charge in [-0.15, -0.1) is 0 Å². The number of nitrogens with one attached hydrogen (secondary N) is 1. The van der Waals surface area contributed by atoms with Gasteiger partial charge in [0.2, 0.25) is 11.8 Å². The summed E-state index contributed by atoms with van der Waals surface area (Å²) in [5.41, 5.74) is 0.177. The SMILES string of the molecule is CC(C)(C)c1noc(CCCC(=O)Nc2ccc(C(C)(C)C(=O)O)cc2)n1. The van der Waals surface area contributed by atoms with Crippen molar-refractivity contribution < 1.29 is 19.2 Å². The van der Waals surface area contributed by atoms with Crippen LogP contribution in [0.5, 0.6) is 0 Å². The average molecular weight is 373 g/mol. The van der Waals surface area contributed by atoms with E-state index in [4.69, 9.17) is 4.52 Å². The summed E-state index contributed by atoms with van der Waals surface area (Å²) in [6.45, 7) is 9.32. The number of benzene rings is 1. The first-order valence-electron chi connectivity index (χ1n) is 8.97. The predicted octanol–water partition coefficient (Wildman–Crippen LogP) is 3.69. The second kappa shape index (κ2) is 7.90. The molecule has 0 saturated heterocycles. The van der Waals surface area contributed by atoms with Crippen molar-refractivity contribution in [2.75, 3.05) is 5.32 Å². The van der Waals surface area contributed by atoms with Crippen LogP contribution in [-0.2, 0) is 26.8 Å². The summed E-state index contributed by atoms with van der Waals surface area (Å²) >= 11 is 0. The molecule has 0 atom stereocenters. The maximum Gasteiger partial charge on any atom is 0.313 e. The Morgan fingerprint density at radius 1 is 1.11 bits per heavy atom. The van der Waals surface area contributed by atoms with Gasteiger partial charge in [-0.25, -0.2) is 0 Å². The quantitative estimate of drug-likeness (QED) is 0.767. The fourth-order valence-corrected chi connectivity index (χ4v) is 2.38. The maximum atomic E-state index is 12.1. The number of carboxylic acids is 1. The van der Waals surface area contributed by atoms with E-state index in [0.717, 1.165) is 0 Å². The zero-order valence-electron chi connectivity index (χ0n) is 16.5. The van der Waals surface area contributed by atoms with Gasteiger partial charge in [0.15, 0.2) is 5.82 Å². The highest BCUT2D eigenvalue weighted by molar-refractivity contribution is 5.90. The monoisotopic (exact) mass is 373 g/mol. The summed E-state index contributed by atoms with van der Waals surface area (Å²) in [7, 11) is 0. The van der Waals surface area contributed by atoms with Crippen molar-refractivity contribution in [2.24, 2.45) is 0 Å². The van der Waals surface area contributed by atoms with Crippen molar-refractivity contribution in [3.05, 3.63) is 41.5 Å². The number of aryl methyl sites for hydroxylation is 1. The molecule has 0 fully saturated rings. The van der Waals surface area contributed by atoms with Gasteiger partial charge < -0.3 is 14.9 Å². The van der Waals surface area contributed by atoms with Gasteiger partial charge in [0.1, 0.15) is 0 Å². The van der Waals surface area contributed by atoms with Gasteiger partial charge in [-0.1, -0.05) is 38.1 Å². The number of carbonyl (C=O) groups is 2. The molecule has 27 heavy (non-hydrogen) atoms. The van der Waals surface area contributed by atoms with Crippen LogP contribution in [0, 0.1) is 0 Å². The largest absolute Gasteiger partial charge is 0.481 e. The molecule has 0 saturated carbocycles. The third-order valence-corrected chi connectivity index (χ3v) is 4.36. The first-order chi connectivity index (χ1) is 12.5. The van der Waals surface area contributed by atoms with Crippen LogP contribution in [0.2, 0.25) is 0 Å². The lowest BCUT2D eigenvalue weighted by Gasteiger charge is -2.19. The topological polar surface area (TPSA) is 105 Å². The average Bonchev–Trinajstić information content (AvgIpc) is 3.04. The minimum absolute atomic E-state index is 0.115. The van der Waals surface area contributed by atoms with Crippen molar-refractivity contribution in [1.29, 1.82) is 0 Å². The van der Waals surface area contributed by atoms with Gasteiger partial charge >= 0.3 is 5.97 Å². The molecule has 1 aromatic carbocycles. The van der Waals surface area contributed by atoms with E-state index in [1.807, 2.05) is 20.8 Å². The molecule has 0 unspecified atom stereocenters. The number of aliphatic carboxylic acids is 1. The molecule has 1 heterocycles. The Bertz CT molecular complexity index is 801. The number of amides is 1. The van der Waals surface area contributed by atoms with Crippen molar-refractivity contribution in [1.82, 2.24) is 10.1 Å². The van der Waals surface area contributed by atoms with Crippen LogP contribution in [0.3, 0.4) is 0 Å². The normalized spacial score (nSPS) is 12.0. The van der Waals surface area contributed by atoms with E-state index in [-0.39, 0.29) is 11.3 Å². The van der Waals surface area contributed by atoms with Crippen LogP contribution in [0.1, 0.15) is 64.7 Å². The number of hydrogen-bond acceptors (Lipinski definition) is 5. The zero-order chi connectivity index (χ0) is 20.2. The Labute approximate surface area is 159 Å². The van der Waals surface area contributed by atoms with Crippen molar-refractivity contribution in [3.63, 3.8) is 0 Å². The number of aromatic nitrogens is 2. The van der Waals surface area contributed by atoms with E-state index in [2.05, 4.69) is 15.5 Å². The second-order valence-corrected chi connectivity index (χ2v) is 8.17. The highest BCUT2D eigenvalue weighted by Crippen LogP contribution is 2.25. The van der Waals surface area contributed by atoms with Crippen LogP contribution in [-0.4, -0.2) is 27.1 Å². The van der Waals surface area contributed by atoms with E-state index in [1.54, 1.807) is 38.1 Å². The van der Waals surface area contributed by atoms with E-state index >= 15 is 0 Å². The summed E-state index contributed by atoms with van der Waals surface area (Å²) < 4.78 is 5.21. The zero-order valence-corrected chi connectivity index (χ0v) is 16.5. The van der Waals surface area contributed by atoms with E-state index in [9.17, 15) is 14.7 Å². The van der Waals surface area contributed by atoms with Gasteiger partial charge in [0.25, 0.3) is 0 Å². The molecule has 1 amide bonds. The second-order valence-electron chi connectivity index (χ2n) is 8.17. The predicted molar refractivity (Wildman–Crippen MR) is 102 cm³/mol. The molecule has 7 heteroatoms. The molecule has 7 nitrogen and oxygen atoms in total. The lowest BCUT2D eigenvalue weighted by atomic mass is 9.85. The summed E-state index contributed by atoms with van der Waals surface area (Å²) in [4.78, 5) is 27.7. The fourth-order valence-electron chi connectivity index (χ4n) is 2.38. The number of nitrogens with zero attached hydrogens (tertiary/aromatic N) is 2. The molecule has 146 valence electrons. The molecule has 2 rings (SSSR count). The molecule has 0 radical (unpaired) electrons. The third-order valence-electron chi connectivity index (χ3n) is 4.36. The van der Waals surface area contributed by atoms with E-state index < -0.39 is 11.4 Å². The maximum absolute atomic E-state index is 12.1. The van der Waals surface area contributed by atoms with Crippen molar-refractivity contribution >= 4 is 17.6 Å². The number of carbonyl (C=O) groups excluding carboxylic acids is 1. The molecule has 0 aliphatic heterocycles. The summed E-state index contributed by atoms with van der Waals surface area (Å²) in [5, 5.41) is 16.0. The van der Waals surface area contributed by atoms with Gasteiger partial charge in [-0.05, 0) is 38.0 Å². The molecule has 2 N–H and O–H groups in total. The Hall–Kier alpha value is -2.70. The van der Waals surface area contributed by atoms with Gasteiger partial charge in [-0.3, -0.25) is 9.59 Å². The van der Waals surface area contributed by atoms with Crippen LogP contribution in [0.4, 0.5) is 5.69 Å². The molecule has 0 bridgehead atoms. The Balaban J connectivity index is 1.84. The smallest absolute Gasteiger partial charge is 0.313 e. The number of hydrogen-bond donors (Lipinski definition) is 2. The molecule has 0 aliphatic rings. The Kier molecular flexibility index (Phi) is 6.03. The third kappa shape index (κ3) is 5.39. The highest BCUT2D eigenvalue weighted by Gasteiger charge is 2.29. The van der Waals surface area contributed by atoms with Gasteiger partial charge in [0, 0.05) is 23.9 Å². The van der Waals surface area contributed by atoms with Crippen LogP contribution in [0.25, 0.3) is 0 Å². The minimum Gasteiger partial charge on any atom is -0.481 e. The number of carboxylic acid groups (broad SMARTS) is 1. The molecule has 0 spiro atoms. The van der Waals surface area contributed by atoms with Gasteiger partial charge in [-0.2, -0.15) is 4.98 Å². The van der Waals surface area contributed by atoms with E-state index in [0.29, 0.717) is 42.2 Å². The lowest BCUT2D eigenvalue weighted by Crippen LogP contribution is -2.28. The van der Waals surface area contributed by atoms with Crippen molar-refractivity contribution in [2.45, 2.75) is 64.7 Å². The highest BCUT2D eigenvalue weighted by atomic mass is 16.5. The lowest BCUT2D eigenvalue weighted by molar-refractivity contribution is -0.142.